The van der Waals surface area contributed by atoms with Gasteiger partial charge < -0.3 is 0 Å². The first-order valence-corrected chi connectivity index (χ1v) is 3.87. The van der Waals surface area contributed by atoms with Crippen molar-refractivity contribution in [1.29, 1.82) is 0 Å². The van der Waals surface area contributed by atoms with Gasteiger partial charge in [0.25, 0.3) is 0 Å². The SMILES string of the molecule is C=CCC(C(C)=O)/C(C)=C/C. The van der Waals surface area contributed by atoms with E-state index in [2.05, 4.69) is 6.58 Å². The van der Waals surface area contributed by atoms with E-state index < -0.39 is 0 Å². The van der Waals surface area contributed by atoms with Crippen molar-refractivity contribution in [1.82, 2.24) is 0 Å². The number of hydrogen-bond acceptors (Lipinski definition) is 1. The second kappa shape index (κ2) is 4.89. The van der Waals surface area contributed by atoms with E-state index in [1.165, 1.54) is 0 Å². The number of carbonyl (C=O) groups is 1. The zero-order valence-corrected chi connectivity index (χ0v) is 7.55. The van der Waals surface area contributed by atoms with Crippen LogP contribution in [0, 0.1) is 5.92 Å². The van der Waals surface area contributed by atoms with Crippen LogP contribution in [-0.2, 0) is 4.79 Å². The van der Waals surface area contributed by atoms with Crippen molar-refractivity contribution in [2.75, 3.05) is 0 Å². The molecule has 1 unspecified atom stereocenters. The molecule has 0 radical (unpaired) electrons. The Balaban J connectivity index is 4.33. The van der Waals surface area contributed by atoms with Gasteiger partial charge in [0.05, 0.1) is 0 Å². The van der Waals surface area contributed by atoms with Crippen molar-refractivity contribution in [3.63, 3.8) is 0 Å². The Hall–Kier alpha value is -0.850. The molecule has 0 N–H and O–H groups in total. The molecule has 0 aliphatic carbocycles. The molecule has 0 amide bonds. The number of allylic oxidation sites excluding steroid dienone is 3. The summed E-state index contributed by atoms with van der Waals surface area (Å²) in [6.45, 7) is 9.18. The summed E-state index contributed by atoms with van der Waals surface area (Å²) in [7, 11) is 0. The van der Waals surface area contributed by atoms with Gasteiger partial charge in [0, 0.05) is 5.92 Å². The van der Waals surface area contributed by atoms with Crippen molar-refractivity contribution >= 4 is 5.78 Å². The van der Waals surface area contributed by atoms with Crippen LogP contribution >= 0.6 is 0 Å². The van der Waals surface area contributed by atoms with Crippen LogP contribution in [0.25, 0.3) is 0 Å². The Morgan fingerprint density at radius 2 is 2.09 bits per heavy atom. The number of Topliss-reactive ketones (excluding diaryl/α,β-unsaturated/α-hetero) is 1. The number of hydrogen-bond donors (Lipinski definition) is 0. The van der Waals surface area contributed by atoms with Crippen LogP contribution in [0.15, 0.2) is 24.3 Å². The van der Waals surface area contributed by atoms with Gasteiger partial charge in [0.2, 0.25) is 0 Å². The second-order valence-corrected chi connectivity index (χ2v) is 2.72. The zero-order valence-electron chi connectivity index (χ0n) is 7.55. The first-order valence-electron chi connectivity index (χ1n) is 3.87. The molecular formula is C10H16O. The van der Waals surface area contributed by atoms with Gasteiger partial charge in [0.1, 0.15) is 5.78 Å². The van der Waals surface area contributed by atoms with Crippen molar-refractivity contribution < 1.29 is 4.79 Å². The Morgan fingerprint density at radius 3 is 2.36 bits per heavy atom. The molecule has 0 fully saturated rings. The Kier molecular flexibility index (Phi) is 4.51. The van der Waals surface area contributed by atoms with Gasteiger partial charge in [0.15, 0.2) is 0 Å². The van der Waals surface area contributed by atoms with Gasteiger partial charge in [-0.05, 0) is 27.2 Å². The van der Waals surface area contributed by atoms with E-state index in [9.17, 15) is 4.79 Å². The molecule has 0 aliphatic heterocycles. The lowest BCUT2D eigenvalue weighted by Crippen LogP contribution is -2.10. The molecule has 0 rings (SSSR count). The fourth-order valence-electron chi connectivity index (χ4n) is 1.04. The maximum absolute atomic E-state index is 11.0. The standard InChI is InChI=1S/C10H16O/c1-5-7-10(9(4)11)8(3)6-2/h5-6,10H,1,7H2,2-4H3/b8-6+. The van der Waals surface area contributed by atoms with Gasteiger partial charge in [-0.1, -0.05) is 17.7 Å². The molecule has 0 bridgehead atoms. The largest absolute Gasteiger partial charge is 0.299 e. The van der Waals surface area contributed by atoms with Gasteiger partial charge in [-0.2, -0.15) is 0 Å². The quantitative estimate of drug-likeness (QED) is 0.566. The van der Waals surface area contributed by atoms with Crippen LogP contribution in [0.5, 0.6) is 0 Å². The minimum Gasteiger partial charge on any atom is -0.299 e. The van der Waals surface area contributed by atoms with E-state index in [-0.39, 0.29) is 11.7 Å². The summed E-state index contributed by atoms with van der Waals surface area (Å²) in [6.07, 6.45) is 4.53. The molecule has 0 aliphatic rings. The van der Waals surface area contributed by atoms with Crippen LogP contribution in [-0.4, -0.2) is 5.78 Å². The van der Waals surface area contributed by atoms with Crippen LogP contribution < -0.4 is 0 Å². The molecule has 0 heterocycles. The van der Waals surface area contributed by atoms with E-state index in [4.69, 9.17) is 0 Å². The molecule has 0 spiro atoms. The average molecular weight is 152 g/mol. The molecule has 62 valence electrons. The third-order valence-corrected chi connectivity index (χ3v) is 1.90. The number of ketones is 1. The van der Waals surface area contributed by atoms with E-state index in [0.29, 0.717) is 0 Å². The van der Waals surface area contributed by atoms with E-state index >= 15 is 0 Å². The highest BCUT2D eigenvalue weighted by molar-refractivity contribution is 5.81. The predicted molar refractivity (Wildman–Crippen MR) is 48.4 cm³/mol. The summed E-state index contributed by atoms with van der Waals surface area (Å²) in [5, 5.41) is 0. The molecule has 0 aromatic heterocycles. The third kappa shape index (κ3) is 3.17. The van der Waals surface area contributed by atoms with Crippen molar-refractivity contribution in [2.24, 2.45) is 5.92 Å². The lowest BCUT2D eigenvalue weighted by Gasteiger charge is -2.10. The summed E-state index contributed by atoms with van der Waals surface area (Å²) in [4.78, 5) is 11.0. The fourth-order valence-corrected chi connectivity index (χ4v) is 1.04. The Morgan fingerprint density at radius 1 is 1.55 bits per heavy atom. The highest BCUT2D eigenvalue weighted by Crippen LogP contribution is 2.15. The molecule has 0 aromatic carbocycles. The molecule has 11 heavy (non-hydrogen) atoms. The normalized spacial score (nSPS) is 14.3. The molecule has 1 atom stereocenters. The van der Waals surface area contributed by atoms with Gasteiger partial charge in [-0.15, -0.1) is 6.58 Å². The van der Waals surface area contributed by atoms with E-state index in [1.54, 1.807) is 13.0 Å². The topological polar surface area (TPSA) is 17.1 Å². The van der Waals surface area contributed by atoms with Crippen molar-refractivity contribution in [3.05, 3.63) is 24.3 Å². The number of carbonyl (C=O) groups excluding carboxylic acids is 1. The minimum absolute atomic E-state index is 0.0532. The monoisotopic (exact) mass is 152 g/mol. The number of rotatable bonds is 4. The van der Waals surface area contributed by atoms with Gasteiger partial charge in [-0.3, -0.25) is 4.79 Å². The van der Waals surface area contributed by atoms with Crippen molar-refractivity contribution in [3.8, 4) is 0 Å². The summed E-state index contributed by atoms with van der Waals surface area (Å²) < 4.78 is 0. The third-order valence-electron chi connectivity index (χ3n) is 1.90. The van der Waals surface area contributed by atoms with E-state index in [1.807, 2.05) is 19.9 Å². The Labute approximate surface area is 68.8 Å². The predicted octanol–water partition coefficient (Wildman–Crippen LogP) is 2.73. The first kappa shape index (κ1) is 10.2. The maximum atomic E-state index is 11.0. The fraction of sp³-hybridized carbons (Fsp3) is 0.500. The second-order valence-electron chi connectivity index (χ2n) is 2.72. The molecule has 1 nitrogen and oxygen atoms in total. The van der Waals surface area contributed by atoms with Gasteiger partial charge >= 0.3 is 0 Å². The highest BCUT2D eigenvalue weighted by Gasteiger charge is 2.12. The minimum atomic E-state index is 0.0532. The van der Waals surface area contributed by atoms with Crippen LogP contribution in [0.1, 0.15) is 27.2 Å². The lowest BCUT2D eigenvalue weighted by atomic mass is 9.93. The van der Waals surface area contributed by atoms with Gasteiger partial charge in [-0.25, -0.2) is 0 Å². The molecule has 1 heteroatoms. The highest BCUT2D eigenvalue weighted by atomic mass is 16.1. The van der Waals surface area contributed by atoms with Crippen LogP contribution in [0.3, 0.4) is 0 Å². The summed E-state index contributed by atoms with van der Waals surface area (Å²) in [5.74, 6) is 0.276. The molecule has 0 saturated carbocycles. The molecular weight excluding hydrogens is 136 g/mol. The van der Waals surface area contributed by atoms with E-state index in [0.717, 1.165) is 12.0 Å². The Bertz CT molecular complexity index is 177. The molecule has 0 saturated heterocycles. The van der Waals surface area contributed by atoms with Crippen LogP contribution in [0.2, 0.25) is 0 Å². The summed E-state index contributed by atoms with van der Waals surface area (Å²) in [6, 6.07) is 0. The lowest BCUT2D eigenvalue weighted by molar-refractivity contribution is -0.119. The smallest absolute Gasteiger partial charge is 0.137 e. The summed E-state index contributed by atoms with van der Waals surface area (Å²) >= 11 is 0. The summed E-state index contributed by atoms with van der Waals surface area (Å²) in [5.41, 5.74) is 1.14. The van der Waals surface area contributed by atoms with Crippen LogP contribution in [0.4, 0.5) is 0 Å². The first-order chi connectivity index (χ1) is 5.13. The maximum Gasteiger partial charge on any atom is 0.137 e. The zero-order chi connectivity index (χ0) is 8.85. The average Bonchev–Trinajstić information content (AvgIpc) is 1.98. The molecule has 0 aromatic rings. The van der Waals surface area contributed by atoms with Crippen molar-refractivity contribution in [2.45, 2.75) is 27.2 Å².